The van der Waals surface area contributed by atoms with Crippen LogP contribution in [0.3, 0.4) is 0 Å². The van der Waals surface area contributed by atoms with Gasteiger partial charge < -0.3 is 18.7 Å². The molecule has 2 aromatic rings. The highest BCUT2D eigenvalue weighted by Gasteiger charge is 2.84. The highest BCUT2D eigenvalue weighted by Crippen LogP contribution is 2.79. The lowest BCUT2D eigenvalue weighted by Gasteiger charge is -2.54. The second-order valence-corrected chi connectivity index (χ2v) is 24.0. The zero-order chi connectivity index (χ0) is 33.6. The predicted octanol–water partition coefficient (Wildman–Crippen LogP) is 8.18. The summed E-state index contributed by atoms with van der Waals surface area (Å²) >= 11 is 4.14. The average molecular weight is 703 g/mol. The average Bonchev–Trinajstić information content (AvgIpc) is 3.66. The quantitative estimate of drug-likeness (QED) is 0.165. The lowest BCUT2D eigenvalue weighted by molar-refractivity contribution is -0.133. The van der Waals surface area contributed by atoms with Gasteiger partial charge in [-0.2, -0.15) is 0 Å². The molecule has 3 aliphatic heterocycles. The summed E-state index contributed by atoms with van der Waals surface area (Å²) in [6, 6.07) is 22.2. The summed E-state index contributed by atoms with van der Waals surface area (Å²) in [5.74, 6) is 3.06. The lowest BCUT2D eigenvalue weighted by Crippen LogP contribution is -2.68. The molecule has 2 spiro atoms. The van der Waals surface area contributed by atoms with Crippen LogP contribution in [-0.2, 0) is 18.7 Å². The Morgan fingerprint density at radius 3 is 2.21 bits per heavy atom. The molecule has 2 aromatic carbocycles. The summed E-state index contributed by atoms with van der Waals surface area (Å²) < 4.78 is 21.6. The molecule has 1 unspecified atom stereocenters. The Labute approximate surface area is 298 Å². The van der Waals surface area contributed by atoms with Crippen LogP contribution in [0.15, 0.2) is 71.8 Å². The fourth-order valence-corrected chi connectivity index (χ4v) is 21.0. The number of carbonyl (C=O) groups is 1. The minimum absolute atomic E-state index is 0.0230. The molecule has 0 aromatic heterocycles. The van der Waals surface area contributed by atoms with Crippen molar-refractivity contribution in [2.45, 2.75) is 119 Å². The van der Waals surface area contributed by atoms with Crippen LogP contribution in [0.1, 0.15) is 86.0 Å². The molecule has 6 aliphatic rings. The van der Waals surface area contributed by atoms with Gasteiger partial charge in [-0.05, 0) is 101 Å². The maximum absolute atomic E-state index is 13.6. The van der Waals surface area contributed by atoms with Gasteiger partial charge in [0.2, 0.25) is 0 Å². The fraction of sp³-hybridized carbons (Fsp3) is 0.634. The molecule has 2 saturated carbocycles. The third-order valence-corrected chi connectivity index (χ3v) is 22.5. The Bertz CT molecular complexity index is 1530. The summed E-state index contributed by atoms with van der Waals surface area (Å²) in [7, 11) is -0.747. The molecule has 258 valence electrons. The minimum Gasteiger partial charge on any atom is -0.404 e. The van der Waals surface area contributed by atoms with Gasteiger partial charge in [0.05, 0.1) is 15.6 Å². The first-order chi connectivity index (χ1) is 23.1. The second-order valence-electron chi connectivity index (χ2n) is 16.8. The van der Waals surface area contributed by atoms with Crippen LogP contribution in [0.5, 0.6) is 0 Å². The van der Waals surface area contributed by atoms with Gasteiger partial charge in [-0.15, -0.1) is 23.5 Å². The molecule has 3 aliphatic carbocycles. The maximum atomic E-state index is 13.6. The van der Waals surface area contributed by atoms with E-state index in [9.17, 15) is 4.79 Å². The van der Waals surface area contributed by atoms with Crippen molar-refractivity contribution >= 4 is 48.5 Å². The number of aldehydes is 1. The van der Waals surface area contributed by atoms with Gasteiger partial charge in [-0.25, -0.2) is 0 Å². The molecule has 2 saturated heterocycles. The zero-order valence-electron chi connectivity index (χ0n) is 29.8. The number of ether oxygens (including phenoxy) is 2. The smallest absolute Gasteiger partial charge is 0.261 e. The maximum Gasteiger partial charge on any atom is 0.261 e. The first kappa shape index (κ1) is 33.8. The highest BCUT2D eigenvalue weighted by atomic mass is 32.2. The topological polar surface area (TPSA) is 44.8 Å². The largest absolute Gasteiger partial charge is 0.404 e. The summed E-state index contributed by atoms with van der Waals surface area (Å²) in [5.41, 5.74) is 1.95. The molecule has 8 rings (SSSR count). The van der Waals surface area contributed by atoms with Crippen LogP contribution in [-0.4, -0.2) is 61.2 Å². The number of methoxy groups -OCH3 is 1. The number of fused-ring (bicyclic) bond motifs is 4. The lowest BCUT2D eigenvalue weighted by atomic mass is 9.50. The molecule has 2 bridgehead atoms. The number of hydrogen-bond donors (Lipinski definition) is 0. The molecular formula is C41H54O4S2Si. The van der Waals surface area contributed by atoms with Crippen molar-refractivity contribution in [1.29, 1.82) is 0 Å². The highest BCUT2D eigenvalue weighted by molar-refractivity contribution is 8.18. The summed E-state index contributed by atoms with van der Waals surface area (Å²) in [6.07, 6.45) is 9.88. The number of rotatable bonds is 7. The van der Waals surface area contributed by atoms with Crippen molar-refractivity contribution in [3.8, 4) is 0 Å². The van der Waals surface area contributed by atoms with E-state index in [1.54, 1.807) is 5.57 Å². The van der Waals surface area contributed by atoms with Crippen molar-refractivity contribution in [3.63, 3.8) is 0 Å². The van der Waals surface area contributed by atoms with Gasteiger partial charge in [0, 0.05) is 19.1 Å². The van der Waals surface area contributed by atoms with Crippen LogP contribution in [0.4, 0.5) is 0 Å². The van der Waals surface area contributed by atoms with E-state index in [2.05, 4.69) is 119 Å². The van der Waals surface area contributed by atoms with Crippen molar-refractivity contribution in [2.24, 2.45) is 22.7 Å². The molecule has 0 N–H and O–H groups in total. The monoisotopic (exact) mass is 702 g/mol. The third kappa shape index (κ3) is 4.24. The first-order valence-corrected chi connectivity index (χ1v) is 22.4. The van der Waals surface area contributed by atoms with E-state index in [1.165, 1.54) is 28.7 Å². The number of carbonyl (C=O) groups excluding carboxylic acids is 1. The molecule has 3 heterocycles. The van der Waals surface area contributed by atoms with Gasteiger partial charge >= 0.3 is 0 Å². The van der Waals surface area contributed by atoms with Crippen LogP contribution < -0.4 is 10.4 Å². The minimum atomic E-state index is -2.64. The Balaban J connectivity index is 1.16. The SMILES string of the molecule is CC[C@@H]1C2(SCCCS2)C(OC)[C@]23O[C@H](C[C@]12C=O)C1=C3CC[C@@H]2C[C@@H](O[Si](c3ccccc3)(c3ccccc3)C(C)(C)C)CC[C@]12C. The molecule has 48 heavy (non-hydrogen) atoms. The Morgan fingerprint density at radius 1 is 1.00 bits per heavy atom. The Morgan fingerprint density at radius 2 is 1.65 bits per heavy atom. The van der Waals surface area contributed by atoms with E-state index in [4.69, 9.17) is 13.9 Å². The van der Waals surface area contributed by atoms with Gasteiger partial charge in [0.25, 0.3) is 8.32 Å². The van der Waals surface area contributed by atoms with Crippen molar-refractivity contribution in [1.82, 2.24) is 0 Å². The first-order valence-electron chi connectivity index (χ1n) is 18.6. The summed E-state index contributed by atoms with van der Waals surface area (Å²) in [4.78, 5) is 13.6. The van der Waals surface area contributed by atoms with Crippen LogP contribution >= 0.6 is 23.5 Å². The van der Waals surface area contributed by atoms with Crippen LogP contribution in [0.25, 0.3) is 0 Å². The molecule has 0 amide bonds. The van der Waals surface area contributed by atoms with Gasteiger partial charge in [-0.1, -0.05) is 95.3 Å². The molecular weight excluding hydrogens is 649 g/mol. The van der Waals surface area contributed by atoms with Gasteiger partial charge in [0.15, 0.2) is 0 Å². The fourth-order valence-electron chi connectivity index (χ4n) is 12.1. The van der Waals surface area contributed by atoms with E-state index in [0.717, 1.165) is 56.5 Å². The second kappa shape index (κ2) is 11.8. The third-order valence-electron chi connectivity index (χ3n) is 13.8. The molecule has 0 radical (unpaired) electrons. The summed E-state index contributed by atoms with van der Waals surface area (Å²) in [5, 5.41) is 2.69. The molecule has 4 nitrogen and oxygen atoms in total. The van der Waals surface area contributed by atoms with Crippen LogP contribution in [0, 0.1) is 22.7 Å². The standard InChI is InChI=1S/C41H54O4S2Si/c1-7-34-39(27-42)26-33-35-32(40(39,44-33)36(43-6)41(34)46-23-14-24-47-41)20-19-28-25-29(21-22-38(28,35)5)45-48(37(2,3)4,30-15-10-8-11-16-30)31-17-12-9-13-18-31/h8-13,15-18,27-29,33-34,36H,7,14,19-26H2,1-6H3/t28-,29+,33-,34+,36?,38+,39+,40+/m1/s1. The molecule has 7 heteroatoms. The van der Waals surface area contributed by atoms with Gasteiger partial charge in [-0.3, -0.25) is 0 Å². The van der Waals surface area contributed by atoms with Crippen LogP contribution in [0.2, 0.25) is 5.04 Å². The Hall–Kier alpha value is -1.35. The van der Waals surface area contributed by atoms with E-state index in [0.29, 0.717) is 5.92 Å². The van der Waals surface area contributed by atoms with E-state index < -0.39 is 19.3 Å². The van der Waals surface area contributed by atoms with E-state index >= 15 is 0 Å². The predicted molar refractivity (Wildman–Crippen MR) is 202 cm³/mol. The molecule has 4 fully saturated rings. The number of hydrogen-bond acceptors (Lipinski definition) is 6. The van der Waals surface area contributed by atoms with E-state index in [-0.39, 0.29) is 38.8 Å². The summed E-state index contributed by atoms with van der Waals surface area (Å²) in [6.45, 7) is 12.0. The normalized spacial score (nSPS) is 38.5. The molecule has 8 atom stereocenters. The zero-order valence-corrected chi connectivity index (χ0v) is 32.4. The Kier molecular flexibility index (Phi) is 8.33. The van der Waals surface area contributed by atoms with Crippen molar-refractivity contribution < 1.29 is 18.7 Å². The number of benzene rings is 2. The van der Waals surface area contributed by atoms with Crippen molar-refractivity contribution in [3.05, 3.63) is 71.8 Å². The van der Waals surface area contributed by atoms with Gasteiger partial charge in [0.1, 0.15) is 18.0 Å². The van der Waals surface area contributed by atoms with E-state index in [1.807, 2.05) is 7.11 Å². The number of thioether (sulfide) groups is 2. The van der Waals surface area contributed by atoms with Crippen molar-refractivity contribution in [2.75, 3.05) is 18.6 Å².